The zero-order valence-electron chi connectivity index (χ0n) is 19.3. The lowest BCUT2D eigenvalue weighted by atomic mass is 10.4. The van der Waals surface area contributed by atoms with Gasteiger partial charge in [-0.2, -0.15) is 0 Å². The standard InChI is InChI=1S/C5H12N2.C4H8N2.C3H8N2O.C3H7NO.C3H7N/c1-4(2)7-5(3)6;1-4-5-2-3-6-4;1-3(4)5-6-2;1-3(2)4-5;1-3(2)4/h4H,1-3H3,(H2,6,7);2-3H2,1H3,(H,5,6);1-2H3,(H2,4,5);5H,1-2H3;4H,1-2H3. The highest BCUT2D eigenvalue weighted by atomic mass is 16.6. The van der Waals surface area contributed by atoms with Gasteiger partial charge in [0.05, 0.1) is 23.9 Å². The highest BCUT2D eigenvalue weighted by Gasteiger charge is 1.93. The van der Waals surface area contributed by atoms with Crippen molar-refractivity contribution in [2.75, 3.05) is 20.2 Å². The number of amidine groups is 3. The lowest BCUT2D eigenvalue weighted by Gasteiger charge is -1.93. The zero-order valence-corrected chi connectivity index (χ0v) is 19.3. The summed E-state index contributed by atoms with van der Waals surface area (Å²) in [6.07, 6.45) is 0. The topological polar surface area (TPSA) is 167 Å². The summed E-state index contributed by atoms with van der Waals surface area (Å²) >= 11 is 0. The van der Waals surface area contributed by atoms with Gasteiger partial charge in [0.1, 0.15) is 12.9 Å². The van der Waals surface area contributed by atoms with Crippen LogP contribution in [-0.2, 0) is 4.84 Å². The zero-order chi connectivity index (χ0) is 23.1. The van der Waals surface area contributed by atoms with Crippen molar-refractivity contribution in [3.63, 3.8) is 0 Å². The van der Waals surface area contributed by atoms with E-state index in [-0.39, 0.29) is 0 Å². The molecule has 0 aromatic rings. The number of hydrogen-bond acceptors (Lipinski definition) is 8. The van der Waals surface area contributed by atoms with Crippen LogP contribution in [0.2, 0.25) is 0 Å². The predicted octanol–water partition coefficient (Wildman–Crippen LogP) is 2.61. The normalized spacial score (nSPS) is 12.0. The van der Waals surface area contributed by atoms with Gasteiger partial charge in [-0.25, -0.2) is 0 Å². The maximum atomic E-state index is 7.73. The number of nitrogens with two attached hydrogens (primary N) is 2. The summed E-state index contributed by atoms with van der Waals surface area (Å²) in [5.41, 5.74) is 11.6. The van der Waals surface area contributed by atoms with Crippen LogP contribution in [0.1, 0.15) is 62.3 Å². The molecule has 1 heterocycles. The molecule has 0 saturated heterocycles. The summed E-state index contributed by atoms with van der Waals surface area (Å²) in [6, 6.07) is 0.338. The van der Waals surface area contributed by atoms with Crippen LogP contribution < -0.4 is 16.8 Å². The van der Waals surface area contributed by atoms with Crippen LogP contribution in [0.4, 0.5) is 0 Å². The Kier molecular flexibility index (Phi) is 28.7. The smallest absolute Gasteiger partial charge is 0.136 e. The van der Waals surface area contributed by atoms with E-state index in [0.29, 0.717) is 29.1 Å². The molecule has 0 bridgehead atoms. The molecule has 1 aliphatic heterocycles. The predicted molar refractivity (Wildman–Crippen MR) is 122 cm³/mol. The molecule has 10 nitrogen and oxygen atoms in total. The van der Waals surface area contributed by atoms with Gasteiger partial charge in [-0.1, -0.05) is 10.3 Å². The largest absolute Gasteiger partial charge is 0.411 e. The molecule has 0 aromatic heterocycles. The summed E-state index contributed by atoms with van der Waals surface area (Å²) in [4.78, 5) is 12.3. The van der Waals surface area contributed by atoms with E-state index in [4.69, 9.17) is 22.1 Å². The van der Waals surface area contributed by atoms with Crippen molar-refractivity contribution in [3.05, 3.63) is 0 Å². The van der Waals surface area contributed by atoms with E-state index >= 15 is 0 Å². The van der Waals surface area contributed by atoms with Gasteiger partial charge in [0, 0.05) is 18.3 Å². The maximum absolute atomic E-state index is 7.73. The quantitative estimate of drug-likeness (QED) is 0.207. The molecule has 1 rings (SSSR count). The van der Waals surface area contributed by atoms with Crippen molar-refractivity contribution in [1.29, 1.82) is 5.41 Å². The molecule has 10 heteroatoms. The second-order valence-electron chi connectivity index (χ2n) is 6.22. The molecule has 0 aliphatic carbocycles. The molecule has 28 heavy (non-hydrogen) atoms. The Bertz CT molecular complexity index is 482. The Balaban J connectivity index is -0.000000130. The van der Waals surface area contributed by atoms with Crippen LogP contribution in [0.25, 0.3) is 0 Å². The highest BCUT2D eigenvalue weighted by Crippen LogP contribution is 1.82. The average Bonchev–Trinajstić information content (AvgIpc) is 2.98. The van der Waals surface area contributed by atoms with Gasteiger partial charge in [-0.3, -0.25) is 9.98 Å². The van der Waals surface area contributed by atoms with Crippen molar-refractivity contribution in [3.8, 4) is 0 Å². The highest BCUT2D eigenvalue weighted by molar-refractivity contribution is 5.80. The number of oxime groups is 2. The molecule has 0 saturated carbocycles. The first-order chi connectivity index (χ1) is 12.8. The Morgan fingerprint density at radius 2 is 1.57 bits per heavy atom. The lowest BCUT2D eigenvalue weighted by Crippen LogP contribution is -2.13. The molecule has 0 atom stereocenters. The van der Waals surface area contributed by atoms with Gasteiger partial charge in [0.2, 0.25) is 0 Å². The van der Waals surface area contributed by atoms with Crippen molar-refractivity contribution in [2.24, 2.45) is 31.8 Å². The fourth-order valence-electron chi connectivity index (χ4n) is 1.07. The molecule has 0 unspecified atom stereocenters. The maximum Gasteiger partial charge on any atom is 0.136 e. The summed E-state index contributed by atoms with van der Waals surface area (Å²) in [7, 11) is 1.45. The fourth-order valence-corrected chi connectivity index (χ4v) is 1.07. The summed E-state index contributed by atoms with van der Waals surface area (Å²) in [5.74, 6) is 2.18. The second kappa shape index (κ2) is 24.4. The van der Waals surface area contributed by atoms with Gasteiger partial charge in [-0.15, -0.1) is 0 Å². The van der Waals surface area contributed by atoms with Crippen LogP contribution in [-0.4, -0.2) is 60.4 Å². The third kappa shape index (κ3) is 65.4. The number of rotatable bonds is 2. The van der Waals surface area contributed by atoms with Crippen LogP contribution >= 0.6 is 0 Å². The minimum atomic E-state index is 0.338. The Morgan fingerprint density at radius 3 is 1.61 bits per heavy atom. The summed E-state index contributed by atoms with van der Waals surface area (Å²) in [5, 5.41) is 23.4. The van der Waals surface area contributed by atoms with Crippen molar-refractivity contribution in [2.45, 2.75) is 68.4 Å². The molecule has 0 radical (unpaired) electrons. The molecule has 0 amide bonds. The molecule has 166 valence electrons. The fraction of sp³-hybridized carbons (Fsp3) is 0.722. The Morgan fingerprint density at radius 1 is 1.14 bits per heavy atom. The van der Waals surface area contributed by atoms with Gasteiger partial charge < -0.3 is 32.2 Å². The second-order valence-corrected chi connectivity index (χ2v) is 6.22. The van der Waals surface area contributed by atoms with E-state index in [0.717, 1.165) is 18.9 Å². The van der Waals surface area contributed by atoms with E-state index in [1.54, 1.807) is 41.5 Å². The van der Waals surface area contributed by atoms with Crippen LogP contribution in [0, 0.1) is 5.41 Å². The van der Waals surface area contributed by atoms with Crippen molar-refractivity contribution in [1.82, 2.24) is 5.32 Å². The number of nitrogens with zero attached hydrogens (tertiary/aromatic N) is 4. The average molecular weight is 403 g/mol. The first kappa shape index (κ1) is 33.0. The first-order valence-corrected chi connectivity index (χ1v) is 8.85. The van der Waals surface area contributed by atoms with Gasteiger partial charge in [-0.05, 0) is 62.3 Å². The summed E-state index contributed by atoms with van der Waals surface area (Å²) < 4.78 is 0. The van der Waals surface area contributed by atoms with E-state index in [1.807, 2.05) is 20.8 Å². The van der Waals surface area contributed by atoms with Crippen LogP contribution in [0.3, 0.4) is 0 Å². The first-order valence-electron chi connectivity index (χ1n) is 8.85. The van der Waals surface area contributed by atoms with Crippen LogP contribution in [0.15, 0.2) is 20.3 Å². The third-order valence-corrected chi connectivity index (χ3v) is 1.74. The van der Waals surface area contributed by atoms with Gasteiger partial charge in [0.25, 0.3) is 0 Å². The monoisotopic (exact) mass is 402 g/mol. The summed E-state index contributed by atoms with van der Waals surface area (Å²) in [6.45, 7) is 18.4. The number of aliphatic imine (C=N–C) groups is 2. The van der Waals surface area contributed by atoms with Crippen molar-refractivity contribution >= 4 is 28.9 Å². The minimum absolute atomic E-state index is 0.338. The van der Waals surface area contributed by atoms with Gasteiger partial charge in [0.15, 0.2) is 0 Å². The van der Waals surface area contributed by atoms with E-state index < -0.39 is 0 Å². The third-order valence-electron chi connectivity index (χ3n) is 1.74. The van der Waals surface area contributed by atoms with E-state index in [9.17, 15) is 0 Å². The Hall–Kier alpha value is -2.65. The molecule has 0 fully saturated rings. The number of nitrogens with one attached hydrogen (secondary N) is 2. The Labute approximate surface area is 170 Å². The van der Waals surface area contributed by atoms with E-state index in [1.165, 1.54) is 7.11 Å². The number of hydrogen-bond donors (Lipinski definition) is 5. The molecule has 0 aromatic carbocycles. The van der Waals surface area contributed by atoms with Crippen LogP contribution in [0.5, 0.6) is 0 Å². The minimum Gasteiger partial charge on any atom is -0.411 e. The SMILES string of the molecule is CC(C)=N.CC(C)=NO.CC(N)=NC(C)C.CC1=NCCN1.CO/N=C(/C)N. The molecule has 7 N–H and O–H groups in total. The van der Waals surface area contributed by atoms with Crippen molar-refractivity contribution < 1.29 is 10.0 Å². The molecular formula is C18H42N8O2. The van der Waals surface area contributed by atoms with E-state index in [2.05, 4.69) is 30.5 Å². The lowest BCUT2D eigenvalue weighted by molar-refractivity contribution is 0.213. The molecule has 1 aliphatic rings. The molecule has 0 spiro atoms. The van der Waals surface area contributed by atoms with Gasteiger partial charge >= 0.3 is 0 Å². The molecular weight excluding hydrogens is 360 g/mol.